The number of aromatic nitrogens is 1. The zero-order valence-corrected chi connectivity index (χ0v) is 15.7. The average Bonchev–Trinajstić information content (AvgIpc) is 2.85. The van der Waals surface area contributed by atoms with E-state index in [0.29, 0.717) is 0 Å². The van der Waals surface area contributed by atoms with Gasteiger partial charge in [-0.1, -0.05) is 13.8 Å². The van der Waals surface area contributed by atoms with Crippen molar-refractivity contribution in [1.82, 2.24) is 9.88 Å². The minimum absolute atomic E-state index is 0.0149. The van der Waals surface area contributed by atoms with Crippen molar-refractivity contribution < 1.29 is 14.3 Å². The van der Waals surface area contributed by atoms with E-state index < -0.39 is 12.6 Å². The zero-order valence-electron chi connectivity index (χ0n) is 15.7. The number of hydrogen-bond donors (Lipinski definition) is 1. The van der Waals surface area contributed by atoms with Gasteiger partial charge in [-0.05, 0) is 51.3 Å². The second kappa shape index (κ2) is 9.67. The van der Waals surface area contributed by atoms with E-state index in [2.05, 4.69) is 16.8 Å². The minimum Gasteiger partial charge on any atom is -0.451 e. The smallest absolute Gasteiger partial charge is 0.349 e. The number of nitriles is 1. The number of aryl methyl sites for hydroxylation is 1. The monoisotopic (exact) mass is 345 g/mol. The molecule has 0 fully saturated rings. The predicted molar refractivity (Wildman–Crippen MR) is 96.6 cm³/mol. The summed E-state index contributed by atoms with van der Waals surface area (Å²) in [6.07, 6.45) is 3.30. The summed E-state index contributed by atoms with van der Waals surface area (Å²) < 4.78 is 7.09. The molecule has 1 atom stereocenters. The van der Waals surface area contributed by atoms with Gasteiger partial charge in [-0.15, -0.1) is 0 Å². The lowest BCUT2D eigenvalue weighted by Crippen LogP contribution is -2.35. The van der Waals surface area contributed by atoms with Crippen LogP contribution in [-0.2, 0) is 20.9 Å². The van der Waals surface area contributed by atoms with Crippen LogP contribution in [0.2, 0.25) is 0 Å². The minimum atomic E-state index is -0.790. The van der Waals surface area contributed by atoms with E-state index in [9.17, 15) is 14.9 Å². The van der Waals surface area contributed by atoms with E-state index in [0.717, 1.165) is 36.3 Å². The molecule has 136 valence electrons. The quantitative estimate of drug-likeness (QED) is 0.446. The SMILES string of the molecule is CCCn1c(C)cc(/C=C(\C#N)C(=O)OCC(=O)N[C@@H](C)CC)c1C. The number of rotatable bonds is 8. The first kappa shape index (κ1) is 20.5. The normalized spacial score (nSPS) is 12.4. The summed E-state index contributed by atoms with van der Waals surface area (Å²) in [6.45, 7) is 10.3. The Balaban J connectivity index is 2.83. The maximum atomic E-state index is 12.1. The van der Waals surface area contributed by atoms with Crippen LogP contribution in [0.4, 0.5) is 0 Å². The van der Waals surface area contributed by atoms with E-state index in [1.807, 2.05) is 39.8 Å². The molecule has 0 bridgehead atoms. The largest absolute Gasteiger partial charge is 0.451 e. The first-order chi connectivity index (χ1) is 11.8. The molecule has 1 rings (SSSR count). The third-order valence-electron chi connectivity index (χ3n) is 4.05. The van der Waals surface area contributed by atoms with Crippen LogP contribution < -0.4 is 5.32 Å². The number of esters is 1. The van der Waals surface area contributed by atoms with Gasteiger partial charge in [0, 0.05) is 24.0 Å². The van der Waals surface area contributed by atoms with Crippen LogP contribution in [0.1, 0.15) is 50.6 Å². The summed E-state index contributed by atoms with van der Waals surface area (Å²) in [5.41, 5.74) is 2.76. The molecule has 0 saturated carbocycles. The van der Waals surface area contributed by atoms with Crippen molar-refractivity contribution in [3.8, 4) is 6.07 Å². The highest BCUT2D eigenvalue weighted by molar-refractivity contribution is 5.99. The zero-order chi connectivity index (χ0) is 19.0. The molecule has 1 N–H and O–H groups in total. The van der Waals surface area contributed by atoms with Gasteiger partial charge in [-0.25, -0.2) is 4.79 Å². The van der Waals surface area contributed by atoms with Gasteiger partial charge in [0.15, 0.2) is 6.61 Å². The lowest BCUT2D eigenvalue weighted by molar-refractivity contribution is -0.144. The van der Waals surface area contributed by atoms with Gasteiger partial charge in [-0.2, -0.15) is 5.26 Å². The third kappa shape index (κ3) is 5.79. The fraction of sp³-hybridized carbons (Fsp3) is 0.526. The molecule has 6 heteroatoms. The van der Waals surface area contributed by atoms with Gasteiger partial charge in [0.1, 0.15) is 11.6 Å². The summed E-state index contributed by atoms with van der Waals surface area (Å²) in [7, 11) is 0. The van der Waals surface area contributed by atoms with Crippen molar-refractivity contribution >= 4 is 18.0 Å². The molecule has 1 amide bonds. The van der Waals surface area contributed by atoms with Crippen molar-refractivity contribution in [3.63, 3.8) is 0 Å². The molecular formula is C19H27N3O3. The number of amides is 1. The Morgan fingerprint density at radius 2 is 2.08 bits per heavy atom. The number of hydrogen-bond acceptors (Lipinski definition) is 4. The number of nitrogens with zero attached hydrogens (tertiary/aromatic N) is 2. The van der Waals surface area contributed by atoms with Crippen molar-refractivity contribution in [2.75, 3.05) is 6.61 Å². The van der Waals surface area contributed by atoms with Crippen LogP contribution in [0.25, 0.3) is 6.08 Å². The van der Waals surface area contributed by atoms with E-state index in [1.165, 1.54) is 6.08 Å². The summed E-state index contributed by atoms with van der Waals surface area (Å²) in [5.74, 6) is -1.16. The second-order valence-electron chi connectivity index (χ2n) is 6.10. The lowest BCUT2D eigenvalue weighted by Gasteiger charge is -2.11. The van der Waals surface area contributed by atoms with E-state index in [4.69, 9.17) is 4.74 Å². The van der Waals surface area contributed by atoms with Gasteiger partial charge >= 0.3 is 5.97 Å². The fourth-order valence-electron chi connectivity index (χ4n) is 2.46. The molecule has 0 aliphatic heterocycles. The van der Waals surface area contributed by atoms with E-state index >= 15 is 0 Å². The summed E-state index contributed by atoms with van der Waals surface area (Å²) >= 11 is 0. The Morgan fingerprint density at radius 1 is 1.40 bits per heavy atom. The van der Waals surface area contributed by atoms with Gasteiger partial charge in [-0.3, -0.25) is 4.79 Å². The van der Waals surface area contributed by atoms with Crippen LogP contribution in [0.3, 0.4) is 0 Å². The standard InChI is InChI=1S/C19H27N3O3/c1-6-8-22-14(4)9-16(15(22)5)10-17(11-20)19(24)25-12-18(23)21-13(3)7-2/h9-10,13H,6-8,12H2,1-5H3,(H,21,23)/b17-10+/t13-/m0/s1. The molecule has 6 nitrogen and oxygen atoms in total. The molecule has 0 aliphatic rings. The highest BCUT2D eigenvalue weighted by atomic mass is 16.5. The van der Waals surface area contributed by atoms with Crippen LogP contribution >= 0.6 is 0 Å². The first-order valence-electron chi connectivity index (χ1n) is 8.58. The Bertz CT molecular complexity index is 696. The number of carbonyl (C=O) groups excluding carboxylic acids is 2. The second-order valence-corrected chi connectivity index (χ2v) is 6.10. The van der Waals surface area contributed by atoms with Crippen molar-refractivity contribution in [2.45, 2.75) is 60.0 Å². The molecule has 0 aliphatic carbocycles. The summed E-state index contributed by atoms with van der Waals surface area (Å²) in [6, 6.07) is 3.81. The molecule has 0 unspecified atom stereocenters. The Kier molecular flexibility index (Phi) is 7.93. The van der Waals surface area contributed by atoms with Crippen molar-refractivity contribution in [3.05, 3.63) is 28.6 Å². The van der Waals surface area contributed by atoms with Gasteiger partial charge in [0.25, 0.3) is 5.91 Å². The van der Waals surface area contributed by atoms with Crippen molar-refractivity contribution in [2.24, 2.45) is 0 Å². The molecule has 0 aromatic carbocycles. The molecule has 1 heterocycles. The third-order valence-corrected chi connectivity index (χ3v) is 4.05. The van der Waals surface area contributed by atoms with Gasteiger partial charge in [0.2, 0.25) is 0 Å². The maximum Gasteiger partial charge on any atom is 0.349 e. The van der Waals surface area contributed by atoms with Crippen LogP contribution in [-0.4, -0.2) is 29.1 Å². The predicted octanol–water partition coefficient (Wildman–Crippen LogP) is 2.88. The Morgan fingerprint density at radius 3 is 2.64 bits per heavy atom. The maximum absolute atomic E-state index is 12.1. The van der Waals surface area contributed by atoms with Crippen molar-refractivity contribution in [1.29, 1.82) is 5.26 Å². The van der Waals surface area contributed by atoms with E-state index in [-0.39, 0.29) is 17.5 Å². The van der Waals surface area contributed by atoms with E-state index in [1.54, 1.807) is 0 Å². The number of nitrogens with one attached hydrogen (secondary N) is 1. The highest BCUT2D eigenvalue weighted by Crippen LogP contribution is 2.19. The van der Waals surface area contributed by atoms with Crippen LogP contribution in [0.15, 0.2) is 11.6 Å². The van der Waals surface area contributed by atoms with Gasteiger partial charge < -0.3 is 14.6 Å². The summed E-state index contributed by atoms with van der Waals surface area (Å²) in [5, 5.41) is 12.0. The highest BCUT2D eigenvalue weighted by Gasteiger charge is 2.16. The molecule has 0 saturated heterocycles. The Labute approximate surface area is 149 Å². The van der Waals surface area contributed by atoms with Gasteiger partial charge in [0.05, 0.1) is 0 Å². The molecule has 0 radical (unpaired) electrons. The molecule has 1 aromatic rings. The topological polar surface area (TPSA) is 84.1 Å². The summed E-state index contributed by atoms with van der Waals surface area (Å²) in [4.78, 5) is 23.7. The molecule has 0 spiro atoms. The first-order valence-corrected chi connectivity index (χ1v) is 8.58. The van der Waals surface area contributed by atoms with Crippen LogP contribution in [0, 0.1) is 25.2 Å². The molecule has 1 aromatic heterocycles. The van der Waals surface area contributed by atoms with Crippen LogP contribution in [0.5, 0.6) is 0 Å². The number of carbonyl (C=O) groups is 2. The Hall–Kier alpha value is -2.55. The fourth-order valence-corrected chi connectivity index (χ4v) is 2.46. The molecule has 25 heavy (non-hydrogen) atoms. The number of ether oxygens (including phenoxy) is 1. The molecular weight excluding hydrogens is 318 g/mol. The average molecular weight is 345 g/mol. The lowest BCUT2D eigenvalue weighted by atomic mass is 10.1.